The Hall–Kier alpha value is -0.610. The summed E-state index contributed by atoms with van der Waals surface area (Å²) in [5.41, 5.74) is 1.85. The smallest absolute Gasteiger partial charge is 0.142 e. The molecule has 2 aromatic carbocycles. The van der Waals surface area contributed by atoms with Gasteiger partial charge in [0.1, 0.15) is 5.82 Å². The molecule has 2 rings (SSSR count). The maximum atomic E-state index is 13.5. The van der Waals surface area contributed by atoms with E-state index in [-0.39, 0.29) is 11.1 Å². The lowest BCUT2D eigenvalue weighted by Crippen LogP contribution is -2.19. The fraction of sp³-hybridized carbons (Fsp3) is 0.200. The van der Waals surface area contributed by atoms with Gasteiger partial charge in [-0.25, -0.2) is 4.39 Å². The van der Waals surface area contributed by atoms with Crippen molar-refractivity contribution in [2.24, 2.45) is 0 Å². The van der Waals surface area contributed by atoms with E-state index in [4.69, 9.17) is 23.2 Å². The van der Waals surface area contributed by atoms with Gasteiger partial charge in [0.15, 0.2) is 0 Å². The van der Waals surface area contributed by atoms with Crippen molar-refractivity contribution in [2.75, 3.05) is 7.05 Å². The van der Waals surface area contributed by atoms with E-state index in [0.717, 1.165) is 15.6 Å². The second kappa shape index (κ2) is 6.90. The second-order valence-corrected chi connectivity index (χ2v) is 6.19. The van der Waals surface area contributed by atoms with Gasteiger partial charge in [-0.05, 0) is 48.9 Å². The number of halogens is 4. The third-order valence-corrected chi connectivity index (χ3v) is 4.24. The summed E-state index contributed by atoms with van der Waals surface area (Å²) in [6.45, 7) is 0. The minimum atomic E-state index is -0.402. The Labute approximate surface area is 136 Å². The highest BCUT2D eigenvalue weighted by Crippen LogP contribution is 2.29. The first kappa shape index (κ1) is 15.8. The molecule has 0 saturated carbocycles. The molecule has 1 unspecified atom stereocenters. The summed E-state index contributed by atoms with van der Waals surface area (Å²) in [5, 5.41) is 4.02. The Morgan fingerprint density at radius 2 is 1.90 bits per heavy atom. The van der Waals surface area contributed by atoms with E-state index < -0.39 is 5.82 Å². The molecule has 0 aliphatic carbocycles. The molecule has 5 heteroatoms. The van der Waals surface area contributed by atoms with E-state index >= 15 is 0 Å². The Morgan fingerprint density at radius 1 is 1.15 bits per heavy atom. The van der Waals surface area contributed by atoms with Crippen molar-refractivity contribution in [3.05, 3.63) is 67.9 Å². The van der Waals surface area contributed by atoms with Crippen LogP contribution in [0.3, 0.4) is 0 Å². The zero-order valence-electron chi connectivity index (χ0n) is 10.8. The van der Waals surface area contributed by atoms with Gasteiger partial charge in [-0.1, -0.05) is 51.3 Å². The maximum Gasteiger partial charge on any atom is 0.142 e. The van der Waals surface area contributed by atoms with Crippen LogP contribution in [0.1, 0.15) is 17.2 Å². The maximum absolute atomic E-state index is 13.5. The van der Waals surface area contributed by atoms with Crippen LogP contribution in [0.25, 0.3) is 0 Å². The average Bonchev–Trinajstić information content (AvgIpc) is 2.41. The van der Waals surface area contributed by atoms with E-state index in [1.807, 2.05) is 31.3 Å². The van der Waals surface area contributed by atoms with Gasteiger partial charge in [0.2, 0.25) is 0 Å². The minimum absolute atomic E-state index is 0.0103. The van der Waals surface area contributed by atoms with E-state index in [9.17, 15) is 4.39 Å². The molecule has 20 heavy (non-hydrogen) atoms. The van der Waals surface area contributed by atoms with Crippen molar-refractivity contribution in [1.29, 1.82) is 0 Å². The van der Waals surface area contributed by atoms with Crippen molar-refractivity contribution in [3.63, 3.8) is 0 Å². The van der Waals surface area contributed by atoms with Crippen molar-refractivity contribution >= 4 is 39.1 Å². The van der Waals surface area contributed by atoms with E-state index in [0.29, 0.717) is 11.4 Å². The van der Waals surface area contributed by atoms with Gasteiger partial charge < -0.3 is 5.32 Å². The lowest BCUT2D eigenvalue weighted by atomic mass is 9.99. The van der Waals surface area contributed by atoms with Crippen LogP contribution in [0.15, 0.2) is 40.9 Å². The monoisotopic (exact) mass is 375 g/mol. The highest BCUT2D eigenvalue weighted by atomic mass is 79.9. The molecule has 0 aliphatic heterocycles. The molecule has 0 saturated heterocycles. The normalized spacial score (nSPS) is 12.4. The van der Waals surface area contributed by atoms with Gasteiger partial charge in [0.25, 0.3) is 0 Å². The summed E-state index contributed by atoms with van der Waals surface area (Å²) < 4.78 is 14.4. The van der Waals surface area contributed by atoms with Crippen LogP contribution in [-0.2, 0) is 6.42 Å². The average molecular weight is 377 g/mol. The summed E-state index contributed by atoms with van der Waals surface area (Å²) in [7, 11) is 1.86. The molecular formula is C15H13BrCl2FN. The molecule has 1 atom stereocenters. The molecule has 0 radical (unpaired) electrons. The third-order valence-electron chi connectivity index (χ3n) is 3.11. The summed E-state index contributed by atoms with van der Waals surface area (Å²) >= 11 is 15.3. The quantitative estimate of drug-likeness (QED) is 0.753. The molecule has 0 spiro atoms. The van der Waals surface area contributed by atoms with Gasteiger partial charge in [0.05, 0.1) is 5.02 Å². The predicted octanol–water partition coefficient (Wildman–Crippen LogP) is 5.40. The van der Waals surface area contributed by atoms with Crippen LogP contribution < -0.4 is 5.32 Å². The third kappa shape index (κ3) is 3.73. The molecule has 106 valence electrons. The SMILES string of the molecule is CNC(Cc1ccc(Cl)c(F)c1)c1ccc(Br)cc1Cl. The second-order valence-electron chi connectivity index (χ2n) is 4.46. The Bertz CT molecular complexity index is 619. The van der Waals surface area contributed by atoms with Crippen molar-refractivity contribution in [1.82, 2.24) is 5.32 Å². The van der Waals surface area contributed by atoms with Crippen molar-refractivity contribution in [2.45, 2.75) is 12.5 Å². The van der Waals surface area contributed by atoms with Gasteiger partial charge in [-0.15, -0.1) is 0 Å². The lowest BCUT2D eigenvalue weighted by molar-refractivity contribution is 0.584. The largest absolute Gasteiger partial charge is 0.313 e. The van der Waals surface area contributed by atoms with Gasteiger partial charge in [-0.2, -0.15) is 0 Å². The van der Waals surface area contributed by atoms with Crippen LogP contribution in [0, 0.1) is 5.82 Å². The molecule has 0 amide bonds. The van der Waals surface area contributed by atoms with Crippen LogP contribution in [-0.4, -0.2) is 7.05 Å². The first-order chi connectivity index (χ1) is 9.51. The zero-order valence-corrected chi connectivity index (χ0v) is 13.9. The summed E-state index contributed by atoms with van der Waals surface area (Å²) in [6, 6.07) is 10.6. The van der Waals surface area contributed by atoms with Crippen molar-refractivity contribution < 1.29 is 4.39 Å². The zero-order chi connectivity index (χ0) is 14.7. The standard InChI is InChI=1S/C15H13BrCl2FN/c1-20-15(11-4-3-10(16)8-13(11)18)7-9-2-5-12(17)14(19)6-9/h2-6,8,15,20H,7H2,1H3. The predicted molar refractivity (Wildman–Crippen MR) is 86.1 cm³/mol. The highest BCUT2D eigenvalue weighted by molar-refractivity contribution is 9.10. The number of rotatable bonds is 4. The van der Waals surface area contributed by atoms with Gasteiger partial charge in [0, 0.05) is 15.5 Å². The Kier molecular flexibility index (Phi) is 5.44. The van der Waals surface area contributed by atoms with Gasteiger partial charge in [-0.3, -0.25) is 0 Å². The fourth-order valence-corrected chi connectivity index (χ4v) is 2.98. The number of hydrogen-bond acceptors (Lipinski definition) is 1. The Morgan fingerprint density at radius 3 is 2.50 bits per heavy atom. The van der Waals surface area contributed by atoms with E-state index in [1.165, 1.54) is 6.07 Å². The first-order valence-electron chi connectivity index (χ1n) is 6.07. The summed E-state index contributed by atoms with van der Waals surface area (Å²) in [6.07, 6.45) is 0.631. The molecule has 1 N–H and O–H groups in total. The summed E-state index contributed by atoms with van der Waals surface area (Å²) in [4.78, 5) is 0. The number of likely N-dealkylation sites (N-methyl/N-ethyl adjacent to an activating group) is 1. The molecule has 0 bridgehead atoms. The lowest BCUT2D eigenvalue weighted by Gasteiger charge is -2.18. The Balaban J connectivity index is 2.26. The molecule has 0 fully saturated rings. The summed E-state index contributed by atoms with van der Waals surface area (Å²) in [5.74, 6) is -0.402. The molecule has 0 aliphatic rings. The number of nitrogens with one attached hydrogen (secondary N) is 1. The number of benzene rings is 2. The fourth-order valence-electron chi connectivity index (χ4n) is 2.05. The number of hydrogen-bond donors (Lipinski definition) is 1. The topological polar surface area (TPSA) is 12.0 Å². The van der Waals surface area contributed by atoms with E-state index in [2.05, 4.69) is 21.2 Å². The van der Waals surface area contributed by atoms with E-state index in [1.54, 1.807) is 6.07 Å². The first-order valence-corrected chi connectivity index (χ1v) is 7.62. The van der Waals surface area contributed by atoms with Crippen molar-refractivity contribution in [3.8, 4) is 0 Å². The minimum Gasteiger partial charge on any atom is -0.313 e. The van der Waals surface area contributed by atoms with Crippen LogP contribution in [0.5, 0.6) is 0 Å². The van der Waals surface area contributed by atoms with Gasteiger partial charge >= 0.3 is 0 Å². The van der Waals surface area contributed by atoms with Crippen LogP contribution >= 0.6 is 39.1 Å². The van der Waals surface area contributed by atoms with Crippen LogP contribution in [0.4, 0.5) is 4.39 Å². The molecule has 0 aromatic heterocycles. The highest BCUT2D eigenvalue weighted by Gasteiger charge is 2.14. The molecular weight excluding hydrogens is 364 g/mol. The van der Waals surface area contributed by atoms with Crippen LogP contribution in [0.2, 0.25) is 10.0 Å². The molecule has 2 aromatic rings. The molecule has 0 heterocycles. The molecule has 1 nitrogen and oxygen atoms in total.